The van der Waals surface area contributed by atoms with E-state index in [0.29, 0.717) is 21.0 Å². The molecule has 3 aromatic carbocycles. The van der Waals surface area contributed by atoms with Gasteiger partial charge in [0.25, 0.3) is 5.91 Å². The highest BCUT2D eigenvalue weighted by molar-refractivity contribution is 7.70. The molecule has 1 amide bonds. The summed E-state index contributed by atoms with van der Waals surface area (Å²) in [6.45, 7) is 0. The Bertz CT molecular complexity index is 1040. The molecule has 0 bridgehead atoms. The van der Waals surface area contributed by atoms with E-state index in [4.69, 9.17) is 27.7 Å². The van der Waals surface area contributed by atoms with E-state index in [-0.39, 0.29) is 11.3 Å². The van der Waals surface area contributed by atoms with Crippen LogP contribution in [-0.2, 0) is 4.57 Å². The van der Waals surface area contributed by atoms with Crippen molar-refractivity contribution in [1.29, 1.82) is 0 Å². The van der Waals surface area contributed by atoms with Crippen LogP contribution < -0.4 is 14.5 Å². The third-order valence-corrected chi connectivity index (χ3v) is 6.82. The third-order valence-electron chi connectivity index (χ3n) is 4.00. The van der Waals surface area contributed by atoms with Gasteiger partial charge in [-0.3, -0.25) is 4.79 Å². The van der Waals surface area contributed by atoms with Crippen molar-refractivity contribution < 1.29 is 13.9 Å². The van der Waals surface area contributed by atoms with Crippen LogP contribution >= 0.6 is 30.7 Å². The molecule has 1 atom stereocenters. The van der Waals surface area contributed by atoms with E-state index in [2.05, 4.69) is 0 Å². The molecule has 1 aliphatic heterocycles. The van der Waals surface area contributed by atoms with Crippen molar-refractivity contribution in [2.45, 2.75) is 0 Å². The summed E-state index contributed by atoms with van der Waals surface area (Å²) < 4.78 is 21.0. The van der Waals surface area contributed by atoms with Gasteiger partial charge in [0.1, 0.15) is 5.75 Å². The zero-order valence-electron chi connectivity index (χ0n) is 13.3. The summed E-state index contributed by atoms with van der Waals surface area (Å²) in [6.07, 6.45) is 0. The van der Waals surface area contributed by atoms with Crippen LogP contribution in [-0.4, -0.2) is 5.91 Å². The summed E-state index contributed by atoms with van der Waals surface area (Å²) in [5.41, 5.74) is 0.687. The first-order valence-electron chi connectivity index (χ1n) is 7.74. The zero-order valence-corrected chi connectivity index (χ0v) is 15.7. The maximum Gasteiger partial charge on any atom is 0.381 e. The van der Waals surface area contributed by atoms with Crippen molar-refractivity contribution in [3.63, 3.8) is 0 Å². The van der Waals surface area contributed by atoms with Gasteiger partial charge in [0.2, 0.25) is 0 Å². The largest absolute Gasteiger partial charge is 0.425 e. The Hall–Kier alpha value is -2.26. The van der Waals surface area contributed by atoms with Gasteiger partial charge in [0.05, 0.1) is 16.6 Å². The van der Waals surface area contributed by atoms with Crippen molar-refractivity contribution in [3.05, 3.63) is 88.4 Å². The molecule has 4 rings (SSSR count). The van der Waals surface area contributed by atoms with E-state index in [1.807, 2.05) is 6.07 Å². The number of amides is 1. The van der Waals surface area contributed by atoms with Crippen LogP contribution in [0.15, 0.2) is 72.8 Å². The Morgan fingerprint density at radius 3 is 2.19 bits per heavy atom. The molecule has 26 heavy (non-hydrogen) atoms. The van der Waals surface area contributed by atoms with Gasteiger partial charge in [0.15, 0.2) is 0 Å². The second-order valence-electron chi connectivity index (χ2n) is 5.68. The number of hydrogen-bond acceptors (Lipinski definition) is 3. The van der Waals surface area contributed by atoms with Crippen LogP contribution in [0.1, 0.15) is 10.4 Å². The van der Waals surface area contributed by atoms with Gasteiger partial charge in [-0.2, -0.15) is 0 Å². The van der Waals surface area contributed by atoms with Crippen LogP contribution in [0.5, 0.6) is 5.75 Å². The van der Waals surface area contributed by atoms with Gasteiger partial charge in [-0.15, -0.1) is 0 Å². The second kappa shape index (κ2) is 6.48. The quantitative estimate of drug-likeness (QED) is 0.526. The first-order valence-corrected chi connectivity index (χ1v) is 10.1. The molecular weight excluding hydrogens is 392 g/mol. The first-order chi connectivity index (χ1) is 12.5. The SMILES string of the molecule is O=C1c2cc(Cl)ccc2OP(=O)(c2ccccc2)N1c1ccc(Cl)cc1. The van der Waals surface area contributed by atoms with Crippen LogP contribution in [0.2, 0.25) is 10.0 Å². The van der Waals surface area contributed by atoms with Crippen molar-refractivity contribution in [2.24, 2.45) is 0 Å². The van der Waals surface area contributed by atoms with Gasteiger partial charge < -0.3 is 4.52 Å². The first kappa shape index (κ1) is 17.2. The highest BCUT2D eigenvalue weighted by Gasteiger charge is 2.45. The summed E-state index contributed by atoms with van der Waals surface area (Å²) in [6, 6.07) is 19.9. The zero-order chi connectivity index (χ0) is 18.3. The summed E-state index contributed by atoms with van der Waals surface area (Å²) in [5.74, 6) is -0.194. The average Bonchev–Trinajstić information content (AvgIpc) is 2.65. The molecule has 1 heterocycles. The van der Waals surface area contributed by atoms with E-state index in [1.54, 1.807) is 60.7 Å². The van der Waals surface area contributed by atoms with Gasteiger partial charge in [-0.1, -0.05) is 41.4 Å². The monoisotopic (exact) mass is 403 g/mol. The Labute approximate surface area is 160 Å². The number of rotatable bonds is 2. The van der Waals surface area contributed by atoms with Crippen molar-refractivity contribution in [1.82, 2.24) is 0 Å². The van der Waals surface area contributed by atoms with Gasteiger partial charge in [-0.25, -0.2) is 9.24 Å². The van der Waals surface area contributed by atoms with E-state index < -0.39 is 13.4 Å². The molecule has 0 saturated carbocycles. The maximum atomic E-state index is 13.9. The van der Waals surface area contributed by atoms with Crippen LogP contribution in [0.4, 0.5) is 5.69 Å². The van der Waals surface area contributed by atoms with Crippen molar-refractivity contribution >= 4 is 47.6 Å². The topological polar surface area (TPSA) is 46.6 Å². The maximum absolute atomic E-state index is 13.9. The fourth-order valence-corrected chi connectivity index (χ4v) is 5.27. The number of carbonyl (C=O) groups excluding carboxylic acids is 1. The highest BCUT2D eigenvalue weighted by Crippen LogP contribution is 2.56. The number of anilines is 1. The summed E-state index contributed by atoms with van der Waals surface area (Å²) in [5, 5.41) is 1.33. The van der Waals surface area contributed by atoms with Gasteiger partial charge in [0, 0.05) is 10.0 Å². The second-order valence-corrected chi connectivity index (χ2v) is 8.69. The molecule has 1 unspecified atom stereocenters. The number of fused-ring (bicyclic) bond motifs is 1. The van der Waals surface area contributed by atoms with E-state index in [9.17, 15) is 9.36 Å². The minimum Gasteiger partial charge on any atom is -0.425 e. The van der Waals surface area contributed by atoms with Crippen molar-refractivity contribution in [2.75, 3.05) is 4.67 Å². The lowest BCUT2D eigenvalue weighted by Gasteiger charge is -2.36. The van der Waals surface area contributed by atoms with E-state index in [0.717, 1.165) is 0 Å². The Morgan fingerprint density at radius 2 is 1.50 bits per heavy atom. The lowest BCUT2D eigenvalue weighted by molar-refractivity contribution is 0.0996. The summed E-state index contributed by atoms with van der Waals surface area (Å²) in [7, 11) is -3.72. The molecule has 4 nitrogen and oxygen atoms in total. The Morgan fingerprint density at radius 1 is 0.846 bits per heavy atom. The minimum absolute atomic E-state index is 0.247. The Balaban J connectivity index is 1.96. The molecule has 1 aliphatic rings. The number of carbonyl (C=O) groups is 1. The number of halogens is 2. The predicted octanol–water partition coefficient (Wildman–Crippen LogP) is 5.55. The normalized spacial score (nSPS) is 19.0. The molecule has 0 spiro atoms. The molecule has 0 aliphatic carbocycles. The number of hydrogen-bond donors (Lipinski definition) is 0. The molecule has 130 valence electrons. The molecule has 7 heteroatoms. The number of nitrogens with zero attached hydrogens (tertiary/aromatic N) is 1. The molecule has 0 radical (unpaired) electrons. The standard InChI is InChI=1S/C19H12Cl2NO3P/c20-13-6-9-15(10-7-13)22-19(23)17-12-14(21)8-11-18(17)25-26(22,24)16-4-2-1-3-5-16/h1-12H. The van der Waals surface area contributed by atoms with Crippen LogP contribution in [0, 0.1) is 0 Å². The minimum atomic E-state index is -3.72. The third kappa shape index (κ3) is 2.80. The highest BCUT2D eigenvalue weighted by atomic mass is 35.5. The molecule has 3 aromatic rings. The molecule has 0 fully saturated rings. The molecule has 0 saturated heterocycles. The van der Waals surface area contributed by atoms with Crippen LogP contribution in [0.3, 0.4) is 0 Å². The molecular formula is C19H12Cl2NO3P. The Kier molecular flexibility index (Phi) is 4.28. The van der Waals surface area contributed by atoms with Crippen molar-refractivity contribution in [3.8, 4) is 5.75 Å². The van der Waals surface area contributed by atoms with E-state index in [1.165, 1.54) is 10.7 Å². The fraction of sp³-hybridized carbons (Fsp3) is 0. The lowest BCUT2D eigenvalue weighted by Crippen LogP contribution is -2.38. The number of benzene rings is 3. The van der Waals surface area contributed by atoms with E-state index >= 15 is 0 Å². The lowest BCUT2D eigenvalue weighted by atomic mass is 10.2. The molecule has 0 aromatic heterocycles. The summed E-state index contributed by atoms with van der Waals surface area (Å²) >= 11 is 12.0. The smallest absolute Gasteiger partial charge is 0.381 e. The van der Waals surface area contributed by atoms with Crippen LogP contribution in [0.25, 0.3) is 0 Å². The summed E-state index contributed by atoms with van der Waals surface area (Å²) in [4.78, 5) is 13.2. The molecule has 0 N–H and O–H groups in total. The average molecular weight is 404 g/mol. The fourth-order valence-electron chi connectivity index (χ4n) is 2.79. The van der Waals surface area contributed by atoms with Gasteiger partial charge in [-0.05, 0) is 54.6 Å². The predicted molar refractivity (Wildman–Crippen MR) is 104 cm³/mol. The van der Waals surface area contributed by atoms with Gasteiger partial charge >= 0.3 is 7.52 Å².